The van der Waals surface area contributed by atoms with Gasteiger partial charge in [0.1, 0.15) is 11.6 Å². The van der Waals surface area contributed by atoms with Gasteiger partial charge in [-0.15, -0.1) is 0 Å². The maximum absolute atomic E-state index is 12.8. The summed E-state index contributed by atoms with van der Waals surface area (Å²) >= 11 is 12.0. The van der Waals surface area contributed by atoms with Gasteiger partial charge in [0.2, 0.25) is 0 Å². The fourth-order valence-electron chi connectivity index (χ4n) is 2.79. The van der Waals surface area contributed by atoms with Gasteiger partial charge in [-0.1, -0.05) is 41.4 Å². The number of aryl methyl sites for hydroxylation is 1. The minimum Gasteiger partial charge on any atom is -0.359 e. The third-order valence-electron chi connectivity index (χ3n) is 4.01. The molecule has 0 aliphatic carbocycles. The summed E-state index contributed by atoms with van der Waals surface area (Å²) in [6.07, 6.45) is 3.17. The van der Waals surface area contributed by atoms with Gasteiger partial charge in [-0.05, 0) is 42.7 Å². The first-order chi connectivity index (χ1) is 12.1. The molecule has 1 N–H and O–H groups in total. The average Bonchev–Trinajstić information content (AvgIpc) is 2.64. The lowest BCUT2D eigenvalue weighted by atomic mass is 10.0. The Hall–Kier alpha value is -2.48. The predicted molar refractivity (Wildman–Crippen MR) is 101 cm³/mol. The molecule has 4 nitrogen and oxygen atoms in total. The van der Waals surface area contributed by atoms with Crippen LogP contribution in [0.1, 0.15) is 12.0 Å². The Bertz CT molecular complexity index is 886. The minimum absolute atomic E-state index is 0.00717. The topological polar surface area (TPSA) is 56.1 Å². The molecule has 0 atom stereocenters. The van der Waals surface area contributed by atoms with Crippen LogP contribution in [0.5, 0.6) is 0 Å². The van der Waals surface area contributed by atoms with Gasteiger partial charge in [0.05, 0.1) is 10.7 Å². The van der Waals surface area contributed by atoms with Gasteiger partial charge in [-0.2, -0.15) is 5.26 Å². The Kier molecular flexibility index (Phi) is 5.28. The fourth-order valence-corrected chi connectivity index (χ4v) is 3.13. The number of nitrogens with one attached hydrogen (secondary N) is 1. The number of fused-ring (bicyclic) bond motifs is 1. The summed E-state index contributed by atoms with van der Waals surface area (Å²) in [4.78, 5) is 14.4. The number of benzene rings is 2. The van der Waals surface area contributed by atoms with Gasteiger partial charge in [-0.25, -0.2) is 0 Å². The Labute approximate surface area is 156 Å². The zero-order valence-corrected chi connectivity index (χ0v) is 14.8. The Morgan fingerprint density at radius 1 is 1.24 bits per heavy atom. The lowest BCUT2D eigenvalue weighted by Gasteiger charge is -2.29. The number of hydrogen-bond acceptors (Lipinski definition) is 3. The zero-order chi connectivity index (χ0) is 17.8. The van der Waals surface area contributed by atoms with Crippen LogP contribution in [0, 0.1) is 11.3 Å². The second kappa shape index (κ2) is 7.60. The highest BCUT2D eigenvalue weighted by molar-refractivity contribution is 6.35. The largest absolute Gasteiger partial charge is 0.359 e. The number of carbonyl (C=O) groups is 1. The smallest absolute Gasteiger partial charge is 0.270 e. The van der Waals surface area contributed by atoms with Crippen molar-refractivity contribution in [1.29, 1.82) is 5.26 Å². The van der Waals surface area contributed by atoms with Crippen LogP contribution in [0.25, 0.3) is 0 Å². The van der Waals surface area contributed by atoms with Crippen LogP contribution in [0.4, 0.5) is 11.4 Å². The van der Waals surface area contributed by atoms with Gasteiger partial charge >= 0.3 is 0 Å². The molecule has 0 saturated heterocycles. The van der Waals surface area contributed by atoms with E-state index in [0.717, 1.165) is 24.1 Å². The van der Waals surface area contributed by atoms with Crippen LogP contribution in [0.3, 0.4) is 0 Å². The highest BCUT2D eigenvalue weighted by Crippen LogP contribution is 2.28. The maximum atomic E-state index is 12.8. The summed E-state index contributed by atoms with van der Waals surface area (Å²) in [7, 11) is 0. The molecule has 3 rings (SSSR count). The molecule has 6 heteroatoms. The molecule has 0 bridgehead atoms. The quantitative estimate of drug-likeness (QED) is 0.623. The predicted octanol–water partition coefficient (Wildman–Crippen LogP) is 4.79. The average molecular weight is 372 g/mol. The molecule has 25 heavy (non-hydrogen) atoms. The lowest BCUT2D eigenvalue weighted by Crippen LogP contribution is -2.36. The third-order valence-corrected chi connectivity index (χ3v) is 4.57. The van der Waals surface area contributed by atoms with E-state index < -0.39 is 0 Å². The first-order valence-electron chi connectivity index (χ1n) is 7.82. The van der Waals surface area contributed by atoms with E-state index in [1.807, 2.05) is 30.3 Å². The van der Waals surface area contributed by atoms with Gasteiger partial charge in [-0.3, -0.25) is 4.79 Å². The standard InChI is InChI=1S/C19H15Cl2N3O/c20-15-7-8-16(21)17(10-15)23-12-14(11-22)19(25)24-9-3-5-13-4-1-2-6-18(13)24/h1-2,4,6-8,10,12,23H,3,5,9H2/b14-12-. The molecule has 0 spiro atoms. The molecule has 126 valence electrons. The molecule has 0 unspecified atom stereocenters. The molecule has 1 heterocycles. The summed E-state index contributed by atoms with van der Waals surface area (Å²) in [6, 6.07) is 14.7. The molecule has 2 aromatic carbocycles. The van der Waals surface area contributed by atoms with Crippen molar-refractivity contribution in [2.24, 2.45) is 0 Å². The number of halogens is 2. The minimum atomic E-state index is -0.333. The second-order valence-corrected chi connectivity index (χ2v) is 6.47. The summed E-state index contributed by atoms with van der Waals surface area (Å²) in [5, 5.41) is 13.3. The molecule has 0 fully saturated rings. The molecular formula is C19H15Cl2N3O. The van der Waals surface area contributed by atoms with E-state index in [1.165, 1.54) is 6.20 Å². The number of nitrogens with zero attached hydrogens (tertiary/aromatic N) is 2. The van der Waals surface area contributed by atoms with Crippen LogP contribution >= 0.6 is 23.2 Å². The van der Waals surface area contributed by atoms with Crippen LogP contribution in [-0.4, -0.2) is 12.5 Å². The summed E-state index contributed by atoms with van der Waals surface area (Å²) < 4.78 is 0. The molecule has 1 amide bonds. The van der Waals surface area contributed by atoms with Gasteiger partial charge in [0.15, 0.2) is 0 Å². The van der Waals surface area contributed by atoms with Crippen LogP contribution in [0.15, 0.2) is 54.2 Å². The van der Waals surface area contributed by atoms with E-state index in [9.17, 15) is 10.1 Å². The first kappa shape index (κ1) is 17.3. The van der Waals surface area contributed by atoms with E-state index in [4.69, 9.17) is 23.2 Å². The van der Waals surface area contributed by atoms with Crippen molar-refractivity contribution in [2.75, 3.05) is 16.8 Å². The zero-order valence-electron chi connectivity index (χ0n) is 13.3. The Morgan fingerprint density at radius 2 is 2.04 bits per heavy atom. The molecular weight excluding hydrogens is 357 g/mol. The van der Waals surface area contributed by atoms with E-state index in [0.29, 0.717) is 22.3 Å². The molecule has 1 aliphatic rings. The first-order valence-corrected chi connectivity index (χ1v) is 8.57. The Balaban J connectivity index is 1.85. The van der Waals surface area contributed by atoms with Crippen molar-refractivity contribution < 1.29 is 4.79 Å². The van der Waals surface area contributed by atoms with Crippen LogP contribution in [0.2, 0.25) is 10.0 Å². The van der Waals surface area contributed by atoms with Gasteiger partial charge in [0, 0.05) is 23.5 Å². The number of amides is 1. The maximum Gasteiger partial charge on any atom is 0.270 e. The second-order valence-electron chi connectivity index (χ2n) is 5.63. The highest BCUT2D eigenvalue weighted by atomic mass is 35.5. The van der Waals surface area contributed by atoms with Gasteiger partial charge < -0.3 is 10.2 Å². The summed E-state index contributed by atoms with van der Waals surface area (Å²) in [6.45, 7) is 0.590. The van der Waals surface area contributed by atoms with E-state index >= 15 is 0 Å². The number of rotatable bonds is 3. The van der Waals surface area contributed by atoms with Crippen molar-refractivity contribution >= 4 is 40.5 Å². The molecule has 1 aliphatic heterocycles. The molecule has 0 aromatic heterocycles. The number of anilines is 2. The van der Waals surface area contributed by atoms with E-state index in [2.05, 4.69) is 5.32 Å². The van der Waals surface area contributed by atoms with Crippen molar-refractivity contribution in [1.82, 2.24) is 0 Å². The van der Waals surface area contributed by atoms with Crippen LogP contribution in [-0.2, 0) is 11.2 Å². The normalized spacial score (nSPS) is 13.8. The third kappa shape index (κ3) is 3.79. The monoisotopic (exact) mass is 371 g/mol. The fraction of sp³-hybridized carbons (Fsp3) is 0.158. The van der Waals surface area contributed by atoms with Crippen LogP contribution < -0.4 is 10.2 Å². The lowest BCUT2D eigenvalue weighted by molar-refractivity contribution is -0.114. The number of nitriles is 1. The molecule has 0 saturated carbocycles. The summed E-state index contributed by atoms with van der Waals surface area (Å²) in [5.41, 5.74) is 2.52. The number of hydrogen-bond donors (Lipinski definition) is 1. The SMILES string of the molecule is N#C/C(=C/Nc1cc(Cl)ccc1Cl)C(=O)N1CCCc2ccccc21. The van der Waals surface area contributed by atoms with Crippen molar-refractivity contribution in [3.63, 3.8) is 0 Å². The van der Waals surface area contributed by atoms with E-state index in [-0.39, 0.29) is 11.5 Å². The van der Waals surface area contributed by atoms with E-state index in [1.54, 1.807) is 23.1 Å². The summed E-state index contributed by atoms with van der Waals surface area (Å²) in [5.74, 6) is -0.333. The number of para-hydroxylation sites is 1. The highest BCUT2D eigenvalue weighted by Gasteiger charge is 2.24. The molecule has 2 aromatic rings. The van der Waals surface area contributed by atoms with Crippen molar-refractivity contribution in [3.8, 4) is 6.07 Å². The molecule has 0 radical (unpaired) electrons. The van der Waals surface area contributed by atoms with Crippen molar-refractivity contribution in [3.05, 3.63) is 69.8 Å². The van der Waals surface area contributed by atoms with Crippen molar-refractivity contribution in [2.45, 2.75) is 12.8 Å². The Morgan fingerprint density at radius 3 is 2.84 bits per heavy atom. The van der Waals surface area contributed by atoms with Gasteiger partial charge in [0.25, 0.3) is 5.91 Å². The number of carbonyl (C=O) groups excluding carboxylic acids is 1.